The lowest BCUT2D eigenvalue weighted by atomic mass is 10.1. The Balaban J connectivity index is 1.52. The van der Waals surface area contributed by atoms with Gasteiger partial charge in [0, 0.05) is 6.42 Å². The molecule has 0 bridgehead atoms. The zero-order valence-corrected chi connectivity index (χ0v) is 15.4. The predicted octanol–water partition coefficient (Wildman–Crippen LogP) is 3.31. The van der Waals surface area contributed by atoms with Crippen molar-refractivity contribution in [2.24, 2.45) is 0 Å². The van der Waals surface area contributed by atoms with Crippen molar-refractivity contribution in [3.63, 3.8) is 0 Å². The molecular formula is C23H22N2O3. The minimum absolute atomic E-state index is 0.191. The summed E-state index contributed by atoms with van der Waals surface area (Å²) in [6.45, 7) is 0.453. The van der Waals surface area contributed by atoms with Gasteiger partial charge >= 0.3 is 0 Å². The minimum Gasteiger partial charge on any atom is -0.492 e. The van der Waals surface area contributed by atoms with Gasteiger partial charge < -0.3 is 4.74 Å². The van der Waals surface area contributed by atoms with Gasteiger partial charge in [-0.15, -0.1) is 0 Å². The maximum absolute atomic E-state index is 12.4. The fourth-order valence-corrected chi connectivity index (χ4v) is 2.72. The quantitative estimate of drug-likeness (QED) is 0.624. The largest absolute Gasteiger partial charge is 0.492 e. The van der Waals surface area contributed by atoms with Crippen LogP contribution in [0.4, 0.5) is 0 Å². The van der Waals surface area contributed by atoms with Crippen molar-refractivity contribution in [1.29, 1.82) is 0 Å². The van der Waals surface area contributed by atoms with E-state index in [1.807, 2.05) is 66.7 Å². The first-order valence-corrected chi connectivity index (χ1v) is 9.11. The van der Waals surface area contributed by atoms with Gasteiger partial charge in [-0.1, -0.05) is 72.8 Å². The van der Waals surface area contributed by atoms with Crippen molar-refractivity contribution in [3.8, 4) is 5.75 Å². The van der Waals surface area contributed by atoms with Gasteiger partial charge in [0.15, 0.2) is 0 Å². The van der Waals surface area contributed by atoms with E-state index in [2.05, 4.69) is 10.9 Å². The van der Waals surface area contributed by atoms with Crippen LogP contribution in [0, 0.1) is 0 Å². The number of rotatable bonds is 7. The summed E-state index contributed by atoms with van der Waals surface area (Å²) in [7, 11) is 0. The molecule has 2 N–H and O–H groups in total. The van der Waals surface area contributed by atoms with Crippen LogP contribution in [-0.4, -0.2) is 18.4 Å². The maximum atomic E-state index is 12.4. The molecule has 5 heteroatoms. The van der Waals surface area contributed by atoms with E-state index >= 15 is 0 Å². The summed E-state index contributed by atoms with van der Waals surface area (Å²) in [4.78, 5) is 24.5. The molecule has 3 aromatic carbocycles. The van der Waals surface area contributed by atoms with E-state index in [1.165, 1.54) is 0 Å². The van der Waals surface area contributed by atoms with Crippen molar-refractivity contribution in [2.75, 3.05) is 6.61 Å². The zero-order valence-electron chi connectivity index (χ0n) is 15.4. The van der Waals surface area contributed by atoms with Gasteiger partial charge in [0.05, 0.1) is 18.6 Å². The van der Waals surface area contributed by atoms with Gasteiger partial charge in [0.25, 0.3) is 5.91 Å². The predicted molar refractivity (Wildman–Crippen MR) is 108 cm³/mol. The summed E-state index contributed by atoms with van der Waals surface area (Å²) in [5, 5.41) is 0. The highest BCUT2D eigenvalue weighted by Gasteiger charge is 2.13. The first kappa shape index (κ1) is 19.2. The van der Waals surface area contributed by atoms with Crippen LogP contribution >= 0.6 is 0 Å². The summed E-state index contributed by atoms with van der Waals surface area (Å²) < 4.78 is 5.79. The van der Waals surface area contributed by atoms with Crippen molar-refractivity contribution in [1.82, 2.24) is 10.9 Å². The summed E-state index contributed by atoms with van der Waals surface area (Å²) >= 11 is 0. The molecule has 0 aliphatic rings. The first-order valence-electron chi connectivity index (χ1n) is 9.11. The Morgan fingerprint density at radius 1 is 0.714 bits per heavy atom. The van der Waals surface area contributed by atoms with Gasteiger partial charge in [-0.05, 0) is 23.3 Å². The summed E-state index contributed by atoms with van der Waals surface area (Å²) in [6.07, 6.45) is 0.931. The Kier molecular flexibility index (Phi) is 6.79. The first-order chi connectivity index (χ1) is 13.7. The number of benzene rings is 3. The molecule has 5 nitrogen and oxygen atoms in total. The molecule has 0 atom stereocenters. The van der Waals surface area contributed by atoms with E-state index in [0.29, 0.717) is 17.9 Å². The lowest BCUT2D eigenvalue weighted by molar-refractivity contribution is -0.121. The Hall–Kier alpha value is -3.60. The van der Waals surface area contributed by atoms with Crippen LogP contribution in [0.15, 0.2) is 84.9 Å². The van der Waals surface area contributed by atoms with E-state index in [4.69, 9.17) is 4.74 Å². The van der Waals surface area contributed by atoms with Gasteiger partial charge in [-0.3, -0.25) is 20.4 Å². The van der Waals surface area contributed by atoms with Crippen LogP contribution in [0.5, 0.6) is 5.75 Å². The Labute approximate surface area is 164 Å². The minimum atomic E-state index is -0.420. The fourth-order valence-electron chi connectivity index (χ4n) is 2.72. The molecule has 3 rings (SSSR count). The van der Waals surface area contributed by atoms with E-state index in [0.717, 1.165) is 17.5 Å². The van der Waals surface area contributed by atoms with Crippen molar-refractivity contribution in [3.05, 3.63) is 102 Å². The lowest BCUT2D eigenvalue weighted by Crippen LogP contribution is -2.42. The third kappa shape index (κ3) is 5.71. The van der Waals surface area contributed by atoms with E-state index in [1.54, 1.807) is 18.2 Å². The zero-order chi connectivity index (χ0) is 19.6. The normalized spacial score (nSPS) is 10.1. The van der Waals surface area contributed by atoms with E-state index < -0.39 is 5.91 Å². The number of carbonyl (C=O) groups excluding carboxylic acids is 2. The number of amides is 2. The molecule has 0 aliphatic heterocycles. The second kappa shape index (κ2) is 9.92. The molecule has 0 spiro atoms. The van der Waals surface area contributed by atoms with Crippen molar-refractivity contribution < 1.29 is 14.3 Å². The molecule has 0 aliphatic carbocycles. The second-order valence-electron chi connectivity index (χ2n) is 6.24. The average Bonchev–Trinajstić information content (AvgIpc) is 2.74. The molecule has 0 heterocycles. The van der Waals surface area contributed by atoms with Crippen LogP contribution in [0.2, 0.25) is 0 Å². The van der Waals surface area contributed by atoms with Crippen molar-refractivity contribution >= 4 is 11.8 Å². The number of hydrogen-bond donors (Lipinski definition) is 2. The van der Waals surface area contributed by atoms with Gasteiger partial charge in [0.1, 0.15) is 5.75 Å². The molecule has 0 unspecified atom stereocenters. The molecule has 28 heavy (non-hydrogen) atoms. The van der Waals surface area contributed by atoms with E-state index in [-0.39, 0.29) is 12.3 Å². The molecule has 142 valence electrons. The van der Waals surface area contributed by atoms with Gasteiger partial charge in [0.2, 0.25) is 5.91 Å². The molecule has 0 saturated carbocycles. The van der Waals surface area contributed by atoms with Crippen molar-refractivity contribution in [2.45, 2.75) is 12.8 Å². The lowest BCUT2D eigenvalue weighted by Gasteiger charge is -2.12. The molecule has 2 amide bonds. The van der Waals surface area contributed by atoms with Crippen LogP contribution < -0.4 is 15.6 Å². The van der Waals surface area contributed by atoms with Crippen LogP contribution in [0.1, 0.15) is 21.5 Å². The summed E-state index contributed by atoms with van der Waals surface area (Å²) in [5.74, 6) is -0.230. The van der Waals surface area contributed by atoms with E-state index in [9.17, 15) is 9.59 Å². The SMILES string of the molecule is O=C(Cc1ccccc1)NNC(=O)c1ccccc1OCCc1ccccc1. The van der Waals surface area contributed by atoms with Crippen LogP contribution in [0.25, 0.3) is 0 Å². The highest BCUT2D eigenvalue weighted by molar-refractivity contribution is 5.97. The third-order valence-electron chi connectivity index (χ3n) is 4.15. The molecule has 0 aromatic heterocycles. The summed E-state index contributed by atoms with van der Waals surface area (Å²) in [5.41, 5.74) is 7.30. The number of carbonyl (C=O) groups is 2. The van der Waals surface area contributed by atoms with Crippen LogP contribution in [-0.2, 0) is 17.6 Å². The van der Waals surface area contributed by atoms with Gasteiger partial charge in [-0.25, -0.2) is 0 Å². The molecule has 3 aromatic rings. The van der Waals surface area contributed by atoms with Gasteiger partial charge in [-0.2, -0.15) is 0 Å². The third-order valence-corrected chi connectivity index (χ3v) is 4.15. The Morgan fingerprint density at radius 2 is 1.32 bits per heavy atom. The number of hydrazine groups is 1. The smallest absolute Gasteiger partial charge is 0.273 e. The second-order valence-corrected chi connectivity index (χ2v) is 6.24. The Morgan fingerprint density at radius 3 is 2.04 bits per heavy atom. The number of ether oxygens (including phenoxy) is 1. The number of hydrogen-bond acceptors (Lipinski definition) is 3. The molecule has 0 saturated heterocycles. The average molecular weight is 374 g/mol. The topological polar surface area (TPSA) is 67.4 Å². The highest BCUT2D eigenvalue weighted by atomic mass is 16.5. The number of nitrogens with one attached hydrogen (secondary N) is 2. The van der Waals surface area contributed by atoms with Crippen LogP contribution in [0.3, 0.4) is 0 Å². The monoisotopic (exact) mass is 374 g/mol. The molecule has 0 fully saturated rings. The molecular weight excluding hydrogens is 352 g/mol. The number of para-hydroxylation sites is 1. The highest BCUT2D eigenvalue weighted by Crippen LogP contribution is 2.18. The summed E-state index contributed by atoms with van der Waals surface area (Å²) in [6, 6.07) is 26.3. The Bertz CT molecular complexity index is 911. The standard InChI is InChI=1S/C23H22N2O3/c26-22(17-19-11-5-2-6-12-19)24-25-23(27)20-13-7-8-14-21(20)28-16-15-18-9-3-1-4-10-18/h1-14H,15-17H2,(H,24,26)(H,25,27). The molecule has 0 radical (unpaired) electrons. The fraction of sp³-hybridized carbons (Fsp3) is 0.130. The maximum Gasteiger partial charge on any atom is 0.273 e.